The molecule has 2 aromatic rings. The number of ether oxygens (including phenoxy) is 1. The smallest absolute Gasteiger partial charge is 0.325 e. The summed E-state index contributed by atoms with van der Waals surface area (Å²) in [5.41, 5.74) is 1.43. The number of benzene rings is 1. The van der Waals surface area contributed by atoms with Crippen molar-refractivity contribution >= 4 is 11.9 Å². The minimum Gasteiger partial charge on any atom is -0.497 e. The lowest BCUT2D eigenvalue weighted by Crippen LogP contribution is -2.55. The van der Waals surface area contributed by atoms with Gasteiger partial charge in [-0.3, -0.25) is 14.6 Å². The summed E-state index contributed by atoms with van der Waals surface area (Å²) in [6.45, 7) is 7.25. The van der Waals surface area contributed by atoms with Crippen LogP contribution in [0.15, 0.2) is 30.5 Å². The van der Waals surface area contributed by atoms with Crippen LogP contribution in [0.3, 0.4) is 0 Å². The maximum Gasteiger partial charge on any atom is 0.325 e. The molecule has 3 amide bonds. The number of urea groups is 1. The third kappa shape index (κ3) is 5.53. The fourth-order valence-electron chi connectivity index (χ4n) is 5.47. The summed E-state index contributed by atoms with van der Waals surface area (Å²) < 4.78 is 5.21. The molecule has 0 spiro atoms. The Balaban J connectivity index is 1.33. The fourth-order valence-corrected chi connectivity index (χ4v) is 5.47. The molecule has 0 bridgehead atoms. The van der Waals surface area contributed by atoms with Crippen LogP contribution >= 0.6 is 0 Å². The second-order valence-electron chi connectivity index (χ2n) is 9.82. The van der Waals surface area contributed by atoms with Crippen molar-refractivity contribution in [2.45, 2.75) is 70.9 Å². The van der Waals surface area contributed by atoms with Crippen molar-refractivity contribution < 1.29 is 14.3 Å². The Morgan fingerprint density at radius 3 is 2.51 bits per heavy atom. The second-order valence-corrected chi connectivity index (χ2v) is 9.82. The molecule has 2 aliphatic heterocycles. The van der Waals surface area contributed by atoms with Gasteiger partial charge in [-0.1, -0.05) is 32.4 Å². The highest BCUT2D eigenvalue weighted by atomic mass is 16.5. The number of H-pyrrole nitrogens is 1. The molecule has 0 saturated carbocycles. The molecule has 0 unspecified atom stereocenters. The van der Waals surface area contributed by atoms with Crippen molar-refractivity contribution in [2.24, 2.45) is 5.92 Å². The third-order valence-electron chi connectivity index (χ3n) is 7.67. The van der Waals surface area contributed by atoms with Gasteiger partial charge < -0.3 is 15.0 Å². The van der Waals surface area contributed by atoms with Gasteiger partial charge in [0.1, 0.15) is 17.1 Å². The van der Waals surface area contributed by atoms with E-state index in [4.69, 9.17) is 4.74 Å². The predicted molar refractivity (Wildman–Crippen MR) is 135 cm³/mol. The Kier molecular flexibility index (Phi) is 8.11. The third-order valence-corrected chi connectivity index (χ3v) is 7.67. The van der Waals surface area contributed by atoms with E-state index in [0.29, 0.717) is 19.4 Å². The Hall–Kier alpha value is -2.87. The van der Waals surface area contributed by atoms with Gasteiger partial charge in [-0.25, -0.2) is 9.78 Å². The largest absolute Gasteiger partial charge is 0.497 e. The van der Waals surface area contributed by atoms with Gasteiger partial charge in [0.2, 0.25) is 0 Å². The molecule has 4 rings (SSSR count). The molecule has 1 aromatic heterocycles. The van der Waals surface area contributed by atoms with Gasteiger partial charge in [-0.2, -0.15) is 0 Å². The van der Waals surface area contributed by atoms with E-state index < -0.39 is 5.54 Å². The minimum absolute atomic E-state index is 0.0638. The quantitative estimate of drug-likeness (QED) is 0.475. The van der Waals surface area contributed by atoms with Gasteiger partial charge in [0.05, 0.1) is 7.11 Å². The zero-order valence-electron chi connectivity index (χ0n) is 21.3. The molecule has 1 atom stereocenters. The summed E-state index contributed by atoms with van der Waals surface area (Å²) in [4.78, 5) is 38.2. The molecular weight excluding hydrogens is 442 g/mol. The number of carbonyl (C=O) groups excluding carboxylic acids is 2. The van der Waals surface area contributed by atoms with E-state index in [1.807, 2.05) is 37.4 Å². The average molecular weight is 482 g/mol. The number of aromatic nitrogens is 2. The van der Waals surface area contributed by atoms with Gasteiger partial charge in [0, 0.05) is 31.4 Å². The molecule has 0 radical (unpaired) electrons. The number of nitrogens with zero attached hydrogens (tertiary/aromatic N) is 3. The van der Waals surface area contributed by atoms with Crippen LogP contribution in [0, 0.1) is 5.92 Å². The topological polar surface area (TPSA) is 90.6 Å². The molecule has 3 heterocycles. The molecule has 8 heteroatoms. The number of nitrogens with one attached hydrogen (secondary N) is 2. The van der Waals surface area contributed by atoms with Crippen molar-refractivity contribution in [3.05, 3.63) is 47.5 Å². The van der Waals surface area contributed by atoms with Crippen LogP contribution in [0.2, 0.25) is 0 Å². The van der Waals surface area contributed by atoms with Crippen LogP contribution in [-0.2, 0) is 24.2 Å². The highest BCUT2D eigenvalue weighted by Crippen LogP contribution is 2.36. The van der Waals surface area contributed by atoms with Crippen LogP contribution in [0.4, 0.5) is 4.79 Å². The number of imide groups is 1. The monoisotopic (exact) mass is 481 g/mol. The maximum absolute atomic E-state index is 13.5. The highest BCUT2D eigenvalue weighted by molar-refractivity contribution is 6.07. The number of carbonyl (C=O) groups is 2. The van der Waals surface area contributed by atoms with E-state index in [0.717, 1.165) is 74.6 Å². The zero-order valence-corrected chi connectivity index (χ0v) is 21.3. The van der Waals surface area contributed by atoms with E-state index in [2.05, 4.69) is 27.1 Å². The number of likely N-dealkylation sites (tertiary alicyclic amines) is 1. The van der Waals surface area contributed by atoms with Crippen LogP contribution < -0.4 is 10.1 Å². The molecular formula is C27H39N5O3. The average Bonchev–Trinajstić information content (AvgIpc) is 3.43. The molecule has 1 aromatic carbocycles. The zero-order chi connectivity index (χ0) is 24.8. The summed E-state index contributed by atoms with van der Waals surface area (Å²) in [7, 11) is 1.64. The molecule has 35 heavy (non-hydrogen) atoms. The summed E-state index contributed by atoms with van der Waals surface area (Å²) in [6.07, 6.45) is 8.28. The number of hydrogen-bond acceptors (Lipinski definition) is 5. The van der Waals surface area contributed by atoms with E-state index in [-0.39, 0.29) is 17.9 Å². The molecule has 0 aliphatic carbocycles. The lowest BCUT2D eigenvalue weighted by atomic mass is 9.75. The van der Waals surface area contributed by atoms with Crippen molar-refractivity contribution in [3.63, 3.8) is 0 Å². The number of hydrogen-bond donors (Lipinski definition) is 2. The first-order chi connectivity index (χ1) is 17.0. The maximum atomic E-state index is 13.5. The van der Waals surface area contributed by atoms with E-state index in [1.54, 1.807) is 7.11 Å². The second kappa shape index (κ2) is 11.2. The SMILES string of the molecule is CCCCc1ncc(CN2CCC([C@]3(CC)NC(=O)N(CCc4ccc(OC)cc4)C3=O)CC2)[nH]1. The normalized spacial score (nSPS) is 21.5. The Labute approximate surface area is 208 Å². The lowest BCUT2D eigenvalue weighted by Gasteiger charge is -2.40. The van der Waals surface area contributed by atoms with Crippen molar-refractivity contribution in [2.75, 3.05) is 26.7 Å². The highest BCUT2D eigenvalue weighted by Gasteiger charge is 2.54. The first-order valence-corrected chi connectivity index (χ1v) is 13.0. The first-order valence-electron chi connectivity index (χ1n) is 13.0. The van der Waals surface area contributed by atoms with Crippen LogP contribution in [-0.4, -0.2) is 64.0 Å². The van der Waals surface area contributed by atoms with Gasteiger partial charge in [0.15, 0.2) is 0 Å². The Morgan fingerprint density at radius 1 is 1.11 bits per heavy atom. The standard InChI is InChI=1S/C27H39N5O3/c1-4-6-7-24-28-18-22(29-24)19-31-15-13-21(14-16-31)27(5-2)25(33)32(26(34)30-27)17-12-20-8-10-23(35-3)11-9-20/h8-11,18,21H,4-7,12-17,19H2,1-3H3,(H,28,29)(H,30,34)/t27-/m0/s1. The van der Waals surface area contributed by atoms with E-state index >= 15 is 0 Å². The molecule has 2 N–H and O–H groups in total. The summed E-state index contributed by atoms with van der Waals surface area (Å²) in [5, 5.41) is 3.11. The molecule has 190 valence electrons. The first kappa shape index (κ1) is 25.2. The molecule has 2 aliphatic rings. The van der Waals surface area contributed by atoms with Gasteiger partial charge in [-0.05, 0) is 68.8 Å². The number of methoxy groups -OCH3 is 1. The molecule has 2 fully saturated rings. The number of aromatic amines is 1. The van der Waals surface area contributed by atoms with Crippen molar-refractivity contribution in [1.29, 1.82) is 0 Å². The summed E-state index contributed by atoms with van der Waals surface area (Å²) >= 11 is 0. The van der Waals surface area contributed by atoms with E-state index in [9.17, 15) is 9.59 Å². The number of rotatable bonds is 11. The Bertz CT molecular complexity index is 997. The van der Waals surface area contributed by atoms with Crippen LogP contribution in [0.1, 0.15) is 63.0 Å². The molecule has 8 nitrogen and oxygen atoms in total. The predicted octanol–water partition coefficient (Wildman–Crippen LogP) is 3.92. The fraction of sp³-hybridized carbons (Fsp3) is 0.593. The number of amides is 3. The molecule has 2 saturated heterocycles. The van der Waals surface area contributed by atoms with Gasteiger partial charge >= 0.3 is 6.03 Å². The summed E-state index contributed by atoms with van der Waals surface area (Å²) in [6, 6.07) is 7.50. The summed E-state index contributed by atoms with van der Waals surface area (Å²) in [5.74, 6) is 1.94. The van der Waals surface area contributed by atoms with Crippen molar-refractivity contribution in [3.8, 4) is 5.75 Å². The van der Waals surface area contributed by atoms with E-state index in [1.165, 1.54) is 4.90 Å². The lowest BCUT2D eigenvalue weighted by molar-refractivity contribution is -0.134. The van der Waals surface area contributed by atoms with Gasteiger partial charge in [-0.15, -0.1) is 0 Å². The van der Waals surface area contributed by atoms with Crippen molar-refractivity contribution in [1.82, 2.24) is 25.1 Å². The Morgan fingerprint density at radius 2 is 1.86 bits per heavy atom. The van der Waals surface area contributed by atoms with Crippen LogP contribution in [0.25, 0.3) is 0 Å². The van der Waals surface area contributed by atoms with Crippen LogP contribution in [0.5, 0.6) is 5.75 Å². The number of aryl methyl sites for hydroxylation is 1. The number of imidazole rings is 1. The number of piperidine rings is 1. The minimum atomic E-state index is -0.787. The number of unbranched alkanes of at least 4 members (excludes halogenated alkanes) is 1. The van der Waals surface area contributed by atoms with Gasteiger partial charge in [0.25, 0.3) is 5.91 Å².